The van der Waals surface area contributed by atoms with Gasteiger partial charge in [-0.2, -0.15) is 0 Å². The van der Waals surface area contributed by atoms with Crippen LogP contribution in [-0.2, 0) is 11.2 Å². The molecule has 2 aliphatic heterocycles. The number of nitrogens with zero attached hydrogens (tertiary/aromatic N) is 2. The SMILES string of the molecule is O=C(Oc1ccc(Cl)cc1)N1CCc2c([nH]c3ccc(Cl)cc23)C1c1ccc(OCCN2CCOCC2)cc1. The van der Waals surface area contributed by atoms with Crippen molar-refractivity contribution in [2.24, 2.45) is 0 Å². The summed E-state index contributed by atoms with van der Waals surface area (Å²) in [5.41, 5.74) is 4.08. The van der Waals surface area contributed by atoms with Gasteiger partial charge in [-0.3, -0.25) is 9.80 Å². The van der Waals surface area contributed by atoms with Crippen LogP contribution in [0.2, 0.25) is 10.0 Å². The zero-order valence-corrected chi connectivity index (χ0v) is 22.9. The Hall–Kier alpha value is -3.23. The second-order valence-electron chi connectivity index (χ2n) is 9.75. The fourth-order valence-electron chi connectivity index (χ4n) is 5.33. The first kappa shape index (κ1) is 26.0. The molecule has 9 heteroatoms. The van der Waals surface area contributed by atoms with Crippen molar-refractivity contribution in [2.75, 3.05) is 46.0 Å². The number of fused-ring (bicyclic) bond motifs is 3. The number of carbonyl (C=O) groups is 1. The lowest BCUT2D eigenvalue weighted by Crippen LogP contribution is -2.42. The number of rotatable bonds is 6. The third-order valence-corrected chi connectivity index (χ3v) is 7.81. The molecular formula is C30H29Cl2N3O4. The molecule has 1 unspecified atom stereocenters. The lowest BCUT2D eigenvalue weighted by Gasteiger charge is -2.35. The van der Waals surface area contributed by atoms with Gasteiger partial charge in [0.15, 0.2) is 0 Å². The second kappa shape index (κ2) is 11.5. The van der Waals surface area contributed by atoms with Crippen LogP contribution in [0.25, 0.3) is 10.9 Å². The number of aromatic nitrogens is 1. The van der Waals surface area contributed by atoms with Crippen molar-refractivity contribution >= 4 is 40.2 Å². The van der Waals surface area contributed by atoms with Crippen LogP contribution < -0.4 is 9.47 Å². The Morgan fingerprint density at radius 3 is 2.41 bits per heavy atom. The third kappa shape index (κ3) is 5.72. The first-order valence-corrected chi connectivity index (χ1v) is 13.9. The largest absolute Gasteiger partial charge is 0.492 e. The number of aromatic amines is 1. The Kier molecular flexibility index (Phi) is 7.66. The number of halogens is 2. The molecule has 2 aliphatic rings. The molecular weight excluding hydrogens is 537 g/mol. The minimum absolute atomic E-state index is 0.359. The van der Waals surface area contributed by atoms with Gasteiger partial charge in [0, 0.05) is 52.8 Å². The molecule has 3 aromatic carbocycles. The van der Waals surface area contributed by atoms with E-state index in [-0.39, 0.29) is 6.04 Å². The number of H-pyrrole nitrogens is 1. The monoisotopic (exact) mass is 565 g/mol. The highest BCUT2D eigenvalue weighted by molar-refractivity contribution is 6.31. The quantitative estimate of drug-likeness (QED) is 0.296. The zero-order chi connectivity index (χ0) is 26.8. The van der Waals surface area contributed by atoms with Gasteiger partial charge in [-0.1, -0.05) is 35.3 Å². The summed E-state index contributed by atoms with van der Waals surface area (Å²) in [6, 6.07) is 20.2. The summed E-state index contributed by atoms with van der Waals surface area (Å²) in [6.45, 7) is 5.38. The topological polar surface area (TPSA) is 67.0 Å². The first-order valence-electron chi connectivity index (χ1n) is 13.1. The average molecular weight is 566 g/mol. The molecule has 0 bridgehead atoms. The van der Waals surface area contributed by atoms with Crippen molar-refractivity contribution in [3.05, 3.63) is 93.6 Å². The van der Waals surface area contributed by atoms with E-state index >= 15 is 0 Å². The van der Waals surface area contributed by atoms with Crippen molar-refractivity contribution < 1.29 is 19.0 Å². The molecule has 0 radical (unpaired) electrons. The van der Waals surface area contributed by atoms with Crippen LogP contribution in [0.5, 0.6) is 11.5 Å². The molecule has 7 nitrogen and oxygen atoms in total. The van der Waals surface area contributed by atoms with E-state index in [0.29, 0.717) is 35.4 Å². The molecule has 6 rings (SSSR count). The molecule has 1 aromatic heterocycles. The Morgan fingerprint density at radius 1 is 0.923 bits per heavy atom. The van der Waals surface area contributed by atoms with E-state index in [0.717, 1.165) is 60.8 Å². The van der Waals surface area contributed by atoms with Gasteiger partial charge in [0.2, 0.25) is 0 Å². The number of amides is 1. The third-order valence-electron chi connectivity index (χ3n) is 7.32. The minimum Gasteiger partial charge on any atom is -0.492 e. The van der Waals surface area contributed by atoms with Crippen molar-refractivity contribution in [1.82, 2.24) is 14.8 Å². The zero-order valence-electron chi connectivity index (χ0n) is 21.4. The molecule has 4 aromatic rings. The van der Waals surface area contributed by atoms with Gasteiger partial charge in [-0.05, 0) is 72.1 Å². The highest BCUT2D eigenvalue weighted by Gasteiger charge is 2.35. The summed E-state index contributed by atoms with van der Waals surface area (Å²) < 4.78 is 17.2. The number of ether oxygens (including phenoxy) is 3. The number of morpholine rings is 1. The van der Waals surface area contributed by atoms with Crippen LogP contribution in [0.1, 0.15) is 22.9 Å². The van der Waals surface area contributed by atoms with Crippen LogP contribution in [0.4, 0.5) is 4.79 Å². The Bertz CT molecular complexity index is 1450. The van der Waals surface area contributed by atoms with E-state index in [1.54, 1.807) is 29.2 Å². The molecule has 0 aliphatic carbocycles. The van der Waals surface area contributed by atoms with Gasteiger partial charge in [-0.25, -0.2) is 4.79 Å². The number of nitrogens with one attached hydrogen (secondary N) is 1. The van der Waals surface area contributed by atoms with Crippen molar-refractivity contribution in [2.45, 2.75) is 12.5 Å². The molecule has 1 fully saturated rings. The van der Waals surface area contributed by atoms with Crippen molar-refractivity contribution in [3.8, 4) is 11.5 Å². The van der Waals surface area contributed by atoms with Gasteiger partial charge in [-0.15, -0.1) is 0 Å². The molecule has 202 valence electrons. The van der Waals surface area contributed by atoms with E-state index in [1.807, 2.05) is 42.5 Å². The minimum atomic E-state index is -0.421. The fraction of sp³-hybridized carbons (Fsp3) is 0.300. The van der Waals surface area contributed by atoms with E-state index < -0.39 is 6.09 Å². The highest BCUT2D eigenvalue weighted by atomic mass is 35.5. The summed E-state index contributed by atoms with van der Waals surface area (Å²) in [4.78, 5) is 21.1. The molecule has 0 spiro atoms. The normalized spacial score (nSPS) is 17.7. The van der Waals surface area contributed by atoms with Crippen molar-refractivity contribution in [3.63, 3.8) is 0 Å². The standard InChI is InChI=1S/C30H29Cl2N3O4/c31-21-3-8-24(9-4-21)39-30(36)35-12-11-25-26-19-22(32)5-10-27(26)33-28(25)29(35)20-1-6-23(7-2-20)38-18-15-34-13-16-37-17-14-34/h1-10,19,29,33H,11-18H2. The predicted octanol–water partition coefficient (Wildman–Crippen LogP) is 6.33. The van der Waals surface area contributed by atoms with Crippen LogP contribution in [0, 0.1) is 0 Å². The van der Waals surface area contributed by atoms with Crippen LogP contribution in [0.15, 0.2) is 66.7 Å². The molecule has 39 heavy (non-hydrogen) atoms. The molecule has 1 N–H and O–H groups in total. The van der Waals surface area contributed by atoms with Gasteiger partial charge in [0.25, 0.3) is 0 Å². The number of benzene rings is 3. The van der Waals surface area contributed by atoms with Crippen LogP contribution in [-0.4, -0.2) is 66.9 Å². The van der Waals surface area contributed by atoms with Gasteiger partial charge in [0.1, 0.15) is 24.1 Å². The second-order valence-corrected chi connectivity index (χ2v) is 10.6. The summed E-state index contributed by atoms with van der Waals surface area (Å²) in [6.07, 6.45) is 0.264. The molecule has 0 saturated carbocycles. The summed E-state index contributed by atoms with van der Waals surface area (Å²) in [5, 5.41) is 2.35. The van der Waals surface area contributed by atoms with Crippen LogP contribution >= 0.6 is 23.2 Å². The Morgan fingerprint density at radius 2 is 1.64 bits per heavy atom. The van der Waals surface area contributed by atoms with Crippen molar-refractivity contribution in [1.29, 1.82) is 0 Å². The highest BCUT2D eigenvalue weighted by Crippen LogP contribution is 2.40. The van der Waals surface area contributed by atoms with Gasteiger partial charge < -0.3 is 19.2 Å². The number of hydrogen-bond donors (Lipinski definition) is 1. The maximum Gasteiger partial charge on any atom is 0.416 e. The van der Waals surface area contributed by atoms with E-state index in [9.17, 15) is 4.79 Å². The van der Waals surface area contributed by atoms with Gasteiger partial charge >= 0.3 is 6.09 Å². The maximum absolute atomic E-state index is 13.5. The number of hydrogen-bond acceptors (Lipinski definition) is 5. The van der Waals surface area contributed by atoms with E-state index in [2.05, 4.69) is 9.88 Å². The lowest BCUT2D eigenvalue weighted by molar-refractivity contribution is 0.0322. The maximum atomic E-state index is 13.5. The Labute approximate surface area is 237 Å². The summed E-state index contributed by atoms with van der Waals surface area (Å²) in [5.74, 6) is 1.24. The first-order chi connectivity index (χ1) is 19.0. The average Bonchev–Trinajstić information content (AvgIpc) is 3.32. The molecule has 3 heterocycles. The fourth-order valence-corrected chi connectivity index (χ4v) is 5.63. The molecule has 1 saturated heterocycles. The lowest BCUT2D eigenvalue weighted by atomic mass is 9.92. The predicted molar refractivity (Wildman–Crippen MR) is 152 cm³/mol. The molecule has 1 atom stereocenters. The van der Waals surface area contributed by atoms with E-state index in [4.69, 9.17) is 37.4 Å². The number of carbonyl (C=O) groups excluding carboxylic acids is 1. The van der Waals surface area contributed by atoms with Gasteiger partial charge in [0.05, 0.1) is 13.2 Å². The van der Waals surface area contributed by atoms with Crippen LogP contribution in [0.3, 0.4) is 0 Å². The van der Waals surface area contributed by atoms with E-state index in [1.165, 1.54) is 5.56 Å². The molecule has 1 amide bonds. The summed E-state index contributed by atoms with van der Waals surface area (Å²) in [7, 11) is 0. The summed E-state index contributed by atoms with van der Waals surface area (Å²) >= 11 is 12.3. The smallest absolute Gasteiger partial charge is 0.416 e. The Balaban J connectivity index is 1.26.